The topological polar surface area (TPSA) is 55.1 Å². The number of amides is 1. The number of nitrogens with two attached hydrogens (primary N) is 1. The van der Waals surface area contributed by atoms with Crippen LogP contribution in [-0.2, 0) is 4.79 Å². The highest BCUT2D eigenvalue weighted by molar-refractivity contribution is 6.30. The van der Waals surface area contributed by atoms with Crippen LogP contribution in [0.5, 0.6) is 0 Å². The third-order valence-electron chi connectivity index (χ3n) is 3.92. The molecule has 2 atom stereocenters. The summed E-state index contributed by atoms with van der Waals surface area (Å²) in [4.78, 5) is 12.0. The minimum absolute atomic E-state index is 0.0341. The number of halogens is 1. The predicted octanol–water partition coefficient (Wildman–Crippen LogP) is 3.42. The molecule has 1 aromatic carbocycles. The van der Waals surface area contributed by atoms with E-state index in [0.29, 0.717) is 12.3 Å². The summed E-state index contributed by atoms with van der Waals surface area (Å²) in [7, 11) is 0. The lowest BCUT2D eigenvalue weighted by Gasteiger charge is -2.25. The molecule has 1 aliphatic carbocycles. The zero-order valence-corrected chi connectivity index (χ0v) is 12.7. The number of nitrogens with one attached hydrogen (secondary N) is 1. The number of carbonyl (C=O) groups excluding carboxylic acids is 1. The largest absolute Gasteiger partial charge is 0.349 e. The van der Waals surface area contributed by atoms with Crippen molar-refractivity contribution >= 4 is 17.5 Å². The quantitative estimate of drug-likeness (QED) is 0.874. The second-order valence-electron chi connectivity index (χ2n) is 5.82. The summed E-state index contributed by atoms with van der Waals surface area (Å²) in [5.41, 5.74) is 6.84. The van der Waals surface area contributed by atoms with Gasteiger partial charge in [-0.15, -0.1) is 0 Å². The molecule has 2 rings (SSSR count). The van der Waals surface area contributed by atoms with Gasteiger partial charge < -0.3 is 11.1 Å². The molecular formula is C16H23ClN2O. The molecule has 0 bridgehead atoms. The molecule has 1 saturated carbocycles. The summed E-state index contributed by atoms with van der Waals surface area (Å²) in [5.74, 6) is 0.556. The van der Waals surface area contributed by atoms with Gasteiger partial charge in [-0.1, -0.05) is 36.6 Å². The highest BCUT2D eigenvalue weighted by Crippen LogP contribution is 2.36. The van der Waals surface area contributed by atoms with Crippen molar-refractivity contribution in [2.45, 2.75) is 51.1 Å². The monoisotopic (exact) mass is 294 g/mol. The summed E-state index contributed by atoms with van der Waals surface area (Å²) in [6.07, 6.45) is 5.21. The third kappa shape index (κ3) is 4.22. The highest BCUT2D eigenvalue weighted by Gasteiger charge is 2.27. The lowest BCUT2D eigenvalue weighted by Crippen LogP contribution is -2.35. The fourth-order valence-electron chi connectivity index (χ4n) is 2.96. The Kier molecular flexibility index (Phi) is 5.44. The van der Waals surface area contributed by atoms with Crippen LogP contribution < -0.4 is 11.1 Å². The van der Waals surface area contributed by atoms with E-state index in [4.69, 9.17) is 17.3 Å². The summed E-state index contributed by atoms with van der Waals surface area (Å²) in [5, 5.41) is 3.89. The van der Waals surface area contributed by atoms with Gasteiger partial charge in [0.25, 0.3) is 0 Å². The SMILES string of the molecule is CC(N)CC(=O)NC(c1ccc(Cl)cc1)C1CCCC1. The van der Waals surface area contributed by atoms with Gasteiger partial charge in [-0.25, -0.2) is 0 Å². The molecule has 1 aliphatic rings. The zero-order chi connectivity index (χ0) is 14.5. The molecule has 0 aromatic heterocycles. The summed E-state index contributed by atoms with van der Waals surface area (Å²) < 4.78 is 0. The number of carbonyl (C=O) groups is 1. The molecule has 0 heterocycles. The van der Waals surface area contributed by atoms with Crippen molar-refractivity contribution in [3.8, 4) is 0 Å². The lowest BCUT2D eigenvalue weighted by molar-refractivity contribution is -0.122. The van der Waals surface area contributed by atoms with E-state index in [0.717, 1.165) is 10.6 Å². The van der Waals surface area contributed by atoms with Crippen LogP contribution in [0.4, 0.5) is 0 Å². The molecular weight excluding hydrogens is 272 g/mol. The number of hydrogen-bond donors (Lipinski definition) is 2. The van der Waals surface area contributed by atoms with Gasteiger partial charge in [-0.05, 0) is 43.4 Å². The van der Waals surface area contributed by atoms with E-state index in [9.17, 15) is 4.79 Å². The summed E-state index contributed by atoms with van der Waals surface area (Å²) in [6, 6.07) is 7.77. The van der Waals surface area contributed by atoms with Crippen molar-refractivity contribution in [1.29, 1.82) is 0 Å². The molecule has 1 fully saturated rings. The van der Waals surface area contributed by atoms with E-state index in [1.807, 2.05) is 31.2 Å². The summed E-state index contributed by atoms with van der Waals surface area (Å²) >= 11 is 5.95. The molecule has 0 aliphatic heterocycles. The molecule has 3 N–H and O–H groups in total. The minimum atomic E-state index is -0.107. The Hall–Kier alpha value is -1.06. The van der Waals surface area contributed by atoms with Gasteiger partial charge in [0.1, 0.15) is 0 Å². The van der Waals surface area contributed by atoms with Gasteiger partial charge in [-0.2, -0.15) is 0 Å². The molecule has 0 radical (unpaired) electrons. The van der Waals surface area contributed by atoms with Gasteiger partial charge in [0, 0.05) is 17.5 Å². The van der Waals surface area contributed by atoms with Crippen LogP contribution in [0.3, 0.4) is 0 Å². The fraction of sp³-hybridized carbons (Fsp3) is 0.562. The Morgan fingerprint density at radius 2 is 1.95 bits per heavy atom. The van der Waals surface area contributed by atoms with Gasteiger partial charge in [0.05, 0.1) is 6.04 Å². The van der Waals surface area contributed by atoms with Crippen molar-refractivity contribution in [2.24, 2.45) is 11.7 Å². The van der Waals surface area contributed by atoms with Crippen molar-refractivity contribution in [3.05, 3.63) is 34.9 Å². The fourth-order valence-corrected chi connectivity index (χ4v) is 3.08. The van der Waals surface area contributed by atoms with Crippen LogP contribution in [0.15, 0.2) is 24.3 Å². The molecule has 1 aromatic rings. The van der Waals surface area contributed by atoms with Crippen molar-refractivity contribution in [3.63, 3.8) is 0 Å². The Morgan fingerprint density at radius 3 is 2.50 bits per heavy atom. The maximum absolute atomic E-state index is 12.0. The van der Waals surface area contributed by atoms with Gasteiger partial charge >= 0.3 is 0 Å². The Labute approximate surface area is 125 Å². The maximum Gasteiger partial charge on any atom is 0.222 e. The predicted molar refractivity (Wildman–Crippen MR) is 82.6 cm³/mol. The molecule has 20 heavy (non-hydrogen) atoms. The maximum atomic E-state index is 12.0. The zero-order valence-electron chi connectivity index (χ0n) is 11.9. The first-order valence-electron chi connectivity index (χ1n) is 7.36. The second-order valence-corrected chi connectivity index (χ2v) is 6.26. The highest BCUT2D eigenvalue weighted by atomic mass is 35.5. The van der Waals surface area contributed by atoms with E-state index in [1.165, 1.54) is 25.7 Å². The Balaban J connectivity index is 2.11. The first-order valence-corrected chi connectivity index (χ1v) is 7.74. The van der Waals surface area contributed by atoms with Crippen LogP contribution in [0, 0.1) is 5.92 Å². The average Bonchev–Trinajstić information content (AvgIpc) is 2.90. The van der Waals surface area contributed by atoms with E-state index in [2.05, 4.69) is 5.32 Å². The summed E-state index contributed by atoms with van der Waals surface area (Å²) in [6.45, 7) is 1.85. The van der Waals surface area contributed by atoms with E-state index >= 15 is 0 Å². The van der Waals surface area contributed by atoms with Crippen LogP contribution >= 0.6 is 11.6 Å². The molecule has 1 amide bonds. The lowest BCUT2D eigenvalue weighted by atomic mass is 9.91. The first kappa shape index (κ1) is 15.3. The Morgan fingerprint density at radius 1 is 1.35 bits per heavy atom. The molecule has 0 saturated heterocycles. The van der Waals surface area contributed by atoms with Crippen LogP contribution in [-0.4, -0.2) is 11.9 Å². The molecule has 0 spiro atoms. The smallest absolute Gasteiger partial charge is 0.222 e. The molecule has 3 nitrogen and oxygen atoms in total. The van der Waals surface area contributed by atoms with Crippen molar-refractivity contribution < 1.29 is 4.79 Å². The van der Waals surface area contributed by atoms with Gasteiger partial charge in [0.15, 0.2) is 0 Å². The first-order chi connectivity index (χ1) is 9.56. The minimum Gasteiger partial charge on any atom is -0.349 e. The number of hydrogen-bond acceptors (Lipinski definition) is 2. The van der Waals surface area contributed by atoms with Crippen molar-refractivity contribution in [1.82, 2.24) is 5.32 Å². The van der Waals surface area contributed by atoms with Crippen molar-refractivity contribution in [2.75, 3.05) is 0 Å². The normalized spacial score (nSPS) is 18.8. The molecule has 2 unspecified atom stereocenters. The molecule has 4 heteroatoms. The van der Waals surface area contributed by atoms with E-state index in [-0.39, 0.29) is 18.0 Å². The average molecular weight is 295 g/mol. The van der Waals surface area contributed by atoms with Crippen LogP contribution in [0.2, 0.25) is 5.02 Å². The van der Waals surface area contributed by atoms with E-state index < -0.39 is 0 Å². The van der Waals surface area contributed by atoms with Crippen LogP contribution in [0.1, 0.15) is 50.6 Å². The Bertz CT molecular complexity index is 438. The van der Waals surface area contributed by atoms with E-state index in [1.54, 1.807) is 0 Å². The molecule has 110 valence electrons. The third-order valence-corrected chi connectivity index (χ3v) is 4.18. The van der Waals surface area contributed by atoms with Crippen LogP contribution in [0.25, 0.3) is 0 Å². The second kappa shape index (κ2) is 7.09. The standard InChI is InChI=1S/C16H23ClN2O/c1-11(18)10-15(20)19-16(12-4-2-3-5-12)13-6-8-14(17)9-7-13/h6-9,11-12,16H,2-5,10,18H2,1H3,(H,19,20). The number of rotatable bonds is 5. The number of benzene rings is 1. The van der Waals surface area contributed by atoms with Gasteiger partial charge in [0.2, 0.25) is 5.91 Å². The van der Waals surface area contributed by atoms with Gasteiger partial charge in [-0.3, -0.25) is 4.79 Å².